The molecule has 11 unspecified atom stereocenters. The molecule has 1 saturated heterocycles. The Labute approximate surface area is 211 Å². The average Bonchev–Trinajstić information content (AvgIpc) is 3.04. The Balaban J connectivity index is 1.26. The number of nitrogens with zero attached hydrogens (tertiary/aromatic N) is 1. The molecule has 0 aromatic rings. The van der Waals surface area contributed by atoms with Crippen molar-refractivity contribution in [3.63, 3.8) is 0 Å². The second-order valence-corrected chi connectivity index (χ2v) is 13.8. The molecule has 5 nitrogen and oxygen atoms in total. The maximum absolute atomic E-state index is 13.2. The van der Waals surface area contributed by atoms with Crippen LogP contribution < -0.4 is 0 Å². The SMILES string of the molecule is CC(=O)OC1CCC2(C)C(CCC3C2CCC2(C)C3CC3OC(=O)N4CC(C)CC=C4C(C)C32)C1. The Morgan fingerprint density at radius 1 is 1.06 bits per heavy atom. The first-order chi connectivity index (χ1) is 16.6. The summed E-state index contributed by atoms with van der Waals surface area (Å²) >= 11 is 0. The Morgan fingerprint density at radius 2 is 1.83 bits per heavy atom. The summed E-state index contributed by atoms with van der Waals surface area (Å²) in [5, 5.41) is 0. The van der Waals surface area contributed by atoms with Gasteiger partial charge in [-0.3, -0.25) is 9.69 Å². The van der Waals surface area contributed by atoms with E-state index in [1.807, 2.05) is 4.90 Å². The Bertz CT molecular complexity index is 929. The molecule has 2 aliphatic heterocycles. The van der Waals surface area contributed by atoms with Gasteiger partial charge in [-0.25, -0.2) is 4.79 Å². The predicted molar refractivity (Wildman–Crippen MR) is 134 cm³/mol. The van der Waals surface area contributed by atoms with Crippen LogP contribution in [0.4, 0.5) is 4.79 Å². The highest BCUT2D eigenvalue weighted by Crippen LogP contribution is 2.69. The van der Waals surface area contributed by atoms with Crippen LogP contribution in [-0.4, -0.2) is 35.7 Å². The number of carbonyl (C=O) groups excluding carboxylic acids is 2. The molecule has 0 bridgehead atoms. The molecular weight excluding hydrogens is 438 g/mol. The highest BCUT2D eigenvalue weighted by Gasteiger charge is 2.65. The average molecular weight is 484 g/mol. The Hall–Kier alpha value is -1.52. The number of allylic oxidation sites excluding steroid dienone is 2. The number of hydrogen-bond acceptors (Lipinski definition) is 4. The first-order valence-corrected chi connectivity index (χ1v) is 14.5. The lowest BCUT2D eigenvalue weighted by Gasteiger charge is -2.61. The van der Waals surface area contributed by atoms with Crippen LogP contribution >= 0.6 is 0 Å². The summed E-state index contributed by atoms with van der Waals surface area (Å²) in [5.41, 5.74) is 1.83. The quantitative estimate of drug-likeness (QED) is 0.396. The van der Waals surface area contributed by atoms with Crippen LogP contribution in [0.1, 0.15) is 92.4 Å². The minimum atomic E-state index is -0.130. The minimum Gasteiger partial charge on any atom is -0.463 e. The monoisotopic (exact) mass is 483 g/mol. The molecule has 4 aliphatic carbocycles. The van der Waals surface area contributed by atoms with Gasteiger partial charge in [0.05, 0.1) is 0 Å². The lowest BCUT2D eigenvalue weighted by atomic mass is 9.44. The summed E-state index contributed by atoms with van der Waals surface area (Å²) < 4.78 is 12.0. The van der Waals surface area contributed by atoms with Gasteiger partial charge in [0.2, 0.25) is 0 Å². The standard InChI is InChI=1S/C30H45NO4/c1-17-6-9-25-18(2)27-26(35-28(33)31(25)16-17)15-24-22-8-7-20-14-21(34-19(3)32)10-12-29(20,4)23(22)11-13-30(24,27)5/h9,17-18,20-24,26-27H,6-8,10-16H2,1-5H3. The van der Waals surface area contributed by atoms with Crippen molar-refractivity contribution in [2.24, 2.45) is 52.3 Å². The topological polar surface area (TPSA) is 55.8 Å². The van der Waals surface area contributed by atoms with Gasteiger partial charge in [-0.15, -0.1) is 0 Å². The fourth-order valence-electron chi connectivity index (χ4n) is 10.5. The van der Waals surface area contributed by atoms with Crippen molar-refractivity contribution in [1.82, 2.24) is 4.90 Å². The van der Waals surface area contributed by atoms with Crippen LogP contribution in [-0.2, 0) is 14.3 Å². The second-order valence-electron chi connectivity index (χ2n) is 13.8. The van der Waals surface area contributed by atoms with Crippen LogP contribution in [0.2, 0.25) is 0 Å². The first kappa shape index (κ1) is 23.9. The molecule has 1 amide bonds. The highest BCUT2D eigenvalue weighted by molar-refractivity contribution is 5.71. The Morgan fingerprint density at radius 3 is 2.60 bits per heavy atom. The molecule has 35 heavy (non-hydrogen) atoms. The molecule has 11 atom stereocenters. The van der Waals surface area contributed by atoms with Crippen molar-refractivity contribution in [3.8, 4) is 0 Å². The van der Waals surface area contributed by atoms with E-state index in [0.717, 1.165) is 44.1 Å². The maximum atomic E-state index is 13.2. The van der Waals surface area contributed by atoms with Gasteiger partial charge in [-0.05, 0) is 98.2 Å². The molecule has 2 heterocycles. The molecule has 5 heteroatoms. The third-order valence-electron chi connectivity index (χ3n) is 12.0. The molecule has 0 radical (unpaired) electrons. The first-order valence-electron chi connectivity index (χ1n) is 14.5. The zero-order valence-corrected chi connectivity index (χ0v) is 22.4. The van der Waals surface area contributed by atoms with Crippen molar-refractivity contribution in [2.45, 2.75) is 105 Å². The van der Waals surface area contributed by atoms with Crippen molar-refractivity contribution >= 4 is 12.1 Å². The number of fused-ring (bicyclic) bond motifs is 8. The van der Waals surface area contributed by atoms with Crippen LogP contribution in [0.3, 0.4) is 0 Å². The summed E-state index contributed by atoms with van der Waals surface area (Å²) in [6, 6.07) is 0. The molecule has 6 aliphatic rings. The van der Waals surface area contributed by atoms with Crippen LogP contribution in [0.25, 0.3) is 0 Å². The van der Waals surface area contributed by atoms with E-state index in [1.165, 1.54) is 37.8 Å². The van der Waals surface area contributed by atoms with Gasteiger partial charge in [-0.1, -0.05) is 33.8 Å². The molecule has 4 saturated carbocycles. The maximum Gasteiger partial charge on any atom is 0.414 e. The molecule has 6 rings (SSSR count). The molecule has 0 aromatic carbocycles. The fourth-order valence-corrected chi connectivity index (χ4v) is 10.5. The lowest BCUT2D eigenvalue weighted by Crippen LogP contribution is -2.54. The van der Waals surface area contributed by atoms with E-state index >= 15 is 0 Å². The van der Waals surface area contributed by atoms with Crippen LogP contribution in [0.5, 0.6) is 0 Å². The second kappa shape index (κ2) is 8.25. The van der Waals surface area contributed by atoms with E-state index in [2.05, 4.69) is 33.8 Å². The van der Waals surface area contributed by atoms with Crippen molar-refractivity contribution in [2.75, 3.05) is 6.54 Å². The van der Waals surface area contributed by atoms with Crippen molar-refractivity contribution in [1.29, 1.82) is 0 Å². The third-order valence-corrected chi connectivity index (χ3v) is 12.0. The van der Waals surface area contributed by atoms with E-state index in [0.29, 0.717) is 35.0 Å². The zero-order chi connectivity index (χ0) is 24.7. The number of amides is 1. The van der Waals surface area contributed by atoms with Crippen LogP contribution in [0, 0.1) is 52.3 Å². The van der Waals surface area contributed by atoms with Gasteiger partial charge in [0.1, 0.15) is 12.2 Å². The lowest BCUT2D eigenvalue weighted by molar-refractivity contribution is -0.160. The molecule has 0 aromatic heterocycles. The van der Waals surface area contributed by atoms with Gasteiger partial charge in [0.15, 0.2) is 0 Å². The van der Waals surface area contributed by atoms with Crippen LogP contribution in [0.15, 0.2) is 11.8 Å². The summed E-state index contributed by atoms with van der Waals surface area (Å²) in [7, 11) is 0. The smallest absolute Gasteiger partial charge is 0.414 e. The Kier molecular flexibility index (Phi) is 5.62. The molecular formula is C30H45NO4. The minimum absolute atomic E-state index is 0.0540. The van der Waals surface area contributed by atoms with E-state index in [-0.39, 0.29) is 29.7 Å². The largest absolute Gasteiger partial charge is 0.463 e. The van der Waals surface area contributed by atoms with Crippen molar-refractivity contribution < 1.29 is 19.1 Å². The zero-order valence-electron chi connectivity index (χ0n) is 22.4. The molecule has 0 spiro atoms. The normalized spacial score (nSPS) is 50.9. The number of rotatable bonds is 1. The van der Waals surface area contributed by atoms with E-state index < -0.39 is 0 Å². The van der Waals surface area contributed by atoms with E-state index in [4.69, 9.17) is 9.47 Å². The number of carbonyl (C=O) groups is 2. The van der Waals surface area contributed by atoms with Gasteiger partial charge in [0, 0.05) is 31.0 Å². The summed E-state index contributed by atoms with van der Waals surface area (Å²) in [6.45, 7) is 12.1. The van der Waals surface area contributed by atoms with Gasteiger partial charge in [-0.2, -0.15) is 0 Å². The fraction of sp³-hybridized carbons (Fsp3) is 0.867. The van der Waals surface area contributed by atoms with E-state index in [1.54, 1.807) is 6.92 Å². The van der Waals surface area contributed by atoms with E-state index in [9.17, 15) is 9.59 Å². The van der Waals surface area contributed by atoms with Gasteiger partial charge < -0.3 is 9.47 Å². The summed E-state index contributed by atoms with van der Waals surface area (Å²) in [6.07, 6.45) is 12.9. The predicted octanol–water partition coefficient (Wildman–Crippen LogP) is 6.57. The summed E-state index contributed by atoms with van der Waals surface area (Å²) in [4.78, 5) is 26.8. The molecule has 5 fully saturated rings. The van der Waals surface area contributed by atoms with Crippen molar-refractivity contribution in [3.05, 3.63) is 11.8 Å². The molecule has 194 valence electrons. The van der Waals surface area contributed by atoms with Gasteiger partial charge >= 0.3 is 12.1 Å². The number of ether oxygens (including phenoxy) is 2. The van der Waals surface area contributed by atoms with Gasteiger partial charge in [0.25, 0.3) is 0 Å². The number of hydrogen-bond donors (Lipinski definition) is 0. The number of esters is 1. The summed E-state index contributed by atoms with van der Waals surface area (Å²) in [5.74, 6) is 3.95. The molecule has 0 N–H and O–H groups in total. The highest BCUT2D eigenvalue weighted by atomic mass is 16.6. The third kappa shape index (κ3) is 3.53.